The maximum absolute atomic E-state index is 11.3. The van der Waals surface area contributed by atoms with Crippen LogP contribution in [0.25, 0.3) is 0 Å². The summed E-state index contributed by atoms with van der Waals surface area (Å²) in [6.45, 7) is -0.626. The van der Waals surface area contributed by atoms with Crippen LogP contribution in [0.15, 0.2) is 24.3 Å². The molecular weight excluding hydrogens is 254 g/mol. The molecule has 7 heteroatoms. The highest BCUT2D eigenvalue weighted by Gasteiger charge is 2.14. The molecule has 3 N–H and O–H groups in total. The number of hydrogen-bond acceptors (Lipinski definition) is 5. The molecule has 0 radical (unpaired) electrons. The van der Waals surface area contributed by atoms with Crippen molar-refractivity contribution < 1.29 is 29.3 Å². The van der Waals surface area contributed by atoms with E-state index in [1.54, 1.807) is 24.3 Å². The van der Waals surface area contributed by atoms with Crippen molar-refractivity contribution >= 4 is 11.9 Å². The number of aliphatic hydroxyl groups is 1. The van der Waals surface area contributed by atoms with Gasteiger partial charge in [0.1, 0.15) is 11.5 Å². The molecule has 0 aromatic heterocycles. The van der Waals surface area contributed by atoms with Crippen LogP contribution >= 0.6 is 0 Å². The van der Waals surface area contributed by atoms with Crippen molar-refractivity contribution in [3.05, 3.63) is 24.3 Å². The number of aliphatic carboxylic acids is 1. The van der Waals surface area contributed by atoms with Gasteiger partial charge in [-0.1, -0.05) is 0 Å². The van der Waals surface area contributed by atoms with Gasteiger partial charge in [0.25, 0.3) is 5.91 Å². The van der Waals surface area contributed by atoms with Crippen LogP contribution in [-0.4, -0.2) is 48.5 Å². The molecule has 0 unspecified atom stereocenters. The molecule has 0 bridgehead atoms. The number of carbonyl (C=O) groups is 2. The normalized spacial score (nSPS) is 11.5. The Hall–Kier alpha value is -2.28. The highest BCUT2D eigenvalue weighted by Crippen LogP contribution is 2.16. The maximum atomic E-state index is 11.3. The number of carbonyl (C=O) groups excluding carboxylic acids is 1. The fourth-order valence-corrected chi connectivity index (χ4v) is 1.17. The molecule has 0 spiro atoms. The standard InChI is InChI=1S/C12H15NO6/c1-18-8-2-4-9(5-3-8)19-7-11(15)13-6-10(14)12(16)17/h2-5,10,14H,6-7H2,1H3,(H,13,15)(H,16,17)/t10-/m0/s1. The Kier molecular flexibility index (Phi) is 5.62. The second-order valence-corrected chi connectivity index (χ2v) is 3.62. The van der Waals surface area contributed by atoms with Crippen LogP contribution < -0.4 is 14.8 Å². The summed E-state index contributed by atoms with van der Waals surface area (Å²) in [5, 5.41) is 19.6. The van der Waals surface area contributed by atoms with Crippen LogP contribution in [0.1, 0.15) is 0 Å². The van der Waals surface area contributed by atoms with Gasteiger partial charge in [-0.15, -0.1) is 0 Å². The molecular formula is C12H15NO6. The van der Waals surface area contributed by atoms with E-state index in [0.29, 0.717) is 11.5 Å². The van der Waals surface area contributed by atoms with Crippen molar-refractivity contribution in [3.63, 3.8) is 0 Å². The predicted octanol–water partition coefficient (Wildman–Crippen LogP) is -0.364. The zero-order chi connectivity index (χ0) is 14.3. The van der Waals surface area contributed by atoms with E-state index in [1.165, 1.54) is 7.11 Å². The molecule has 0 aliphatic carbocycles. The number of aliphatic hydroxyl groups excluding tert-OH is 1. The summed E-state index contributed by atoms with van der Waals surface area (Å²) in [6.07, 6.45) is -1.62. The lowest BCUT2D eigenvalue weighted by Gasteiger charge is -2.09. The zero-order valence-electron chi connectivity index (χ0n) is 10.3. The number of amides is 1. The Balaban J connectivity index is 2.31. The van der Waals surface area contributed by atoms with Gasteiger partial charge in [0.05, 0.1) is 13.7 Å². The average Bonchev–Trinajstić information content (AvgIpc) is 2.42. The number of benzene rings is 1. The topological polar surface area (TPSA) is 105 Å². The number of methoxy groups -OCH3 is 1. The number of carboxylic acid groups (broad SMARTS) is 1. The summed E-state index contributed by atoms with van der Waals surface area (Å²) in [4.78, 5) is 21.6. The van der Waals surface area contributed by atoms with Crippen molar-refractivity contribution in [1.29, 1.82) is 0 Å². The van der Waals surface area contributed by atoms with Gasteiger partial charge in [0.2, 0.25) is 0 Å². The van der Waals surface area contributed by atoms with Crippen LogP contribution in [0.4, 0.5) is 0 Å². The maximum Gasteiger partial charge on any atom is 0.334 e. The van der Waals surface area contributed by atoms with E-state index in [4.69, 9.17) is 19.7 Å². The van der Waals surface area contributed by atoms with Crippen LogP contribution in [0.3, 0.4) is 0 Å². The van der Waals surface area contributed by atoms with Gasteiger partial charge >= 0.3 is 5.97 Å². The van der Waals surface area contributed by atoms with Gasteiger partial charge < -0.3 is 25.0 Å². The van der Waals surface area contributed by atoms with Crippen molar-refractivity contribution in [2.45, 2.75) is 6.10 Å². The third kappa shape index (κ3) is 5.26. The SMILES string of the molecule is COc1ccc(OCC(=O)NC[C@H](O)C(=O)O)cc1. The summed E-state index contributed by atoms with van der Waals surface area (Å²) < 4.78 is 10.1. The smallest absolute Gasteiger partial charge is 0.334 e. The Morgan fingerprint density at radius 3 is 2.37 bits per heavy atom. The van der Waals surface area contributed by atoms with Crippen LogP contribution in [-0.2, 0) is 9.59 Å². The Labute approximate surface area is 109 Å². The lowest BCUT2D eigenvalue weighted by atomic mass is 10.3. The van der Waals surface area contributed by atoms with Crippen LogP contribution in [0.2, 0.25) is 0 Å². The molecule has 19 heavy (non-hydrogen) atoms. The first kappa shape index (κ1) is 14.8. The molecule has 1 aromatic rings. The van der Waals surface area contributed by atoms with Gasteiger partial charge in [0.15, 0.2) is 12.7 Å². The van der Waals surface area contributed by atoms with E-state index in [0.717, 1.165) is 0 Å². The minimum Gasteiger partial charge on any atom is -0.497 e. The van der Waals surface area contributed by atoms with Crippen molar-refractivity contribution in [2.24, 2.45) is 0 Å². The quantitative estimate of drug-likeness (QED) is 0.624. The monoisotopic (exact) mass is 269 g/mol. The number of hydrogen-bond donors (Lipinski definition) is 3. The molecule has 7 nitrogen and oxygen atoms in total. The number of ether oxygens (including phenoxy) is 2. The third-order valence-corrected chi connectivity index (χ3v) is 2.21. The van der Waals surface area contributed by atoms with Gasteiger partial charge in [-0.05, 0) is 24.3 Å². The largest absolute Gasteiger partial charge is 0.497 e. The summed E-state index contributed by atoms with van der Waals surface area (Å²) in [5.74, 6) is -0.761. The lowest BCUT2D eigenvalue weighted by Crippen LogP contribution is -2.38. The third-order valence-electron chi connectivity index (χ3n) is 2.21. The Morgan fingerprint density at radius 2 is 1.84 bits per heavy atom. The van der Waals surface area contributed by atoms with Crippen LogP contribution in [0, 0.1) is 0 Å². The molecule has 0 heterocycles. The molecule has 0 saturated carbocycles. The van der Waals surface area contributed by atoms with E-state index in [2.05, 4.69) is 5.32 Å². The molecule has 0 aliphatic rings. The lowest BCUT2D eigenvalue weighted by molar-refractivity contribution is -0.146. The molecule has 1 amide bonds. The second kappa shape index (κ2) is 7.22. The predicted molar refractivity (Wildman–Crippen MR) is 65.1 cm³/mol. The van der Waals surface area contributed by atoms with Crippen molar-refractivity contribution in [1.82, 2.24) is 5.32 Å². The van der Waals surface area contributed by atoms with Crippen molar-refractivity contribution in [2.75, 3.05) is 20.3 Å². The summed E-state index contributed by atoms with van der Waals surface area (Å²) in [5.41, 5.74) is 0. The first-order valence-electron chi connectivity index (χ1n) is 5.47. The second-order valence-electron chi connectivity index (χ2n) is 3.62. The fraction of sp³-hybridized carbons (Fsp3) is 0.333. The summed E-state index contributed by atoms with van der Waals surface area (Å²) in [6, 6.07) is 6.64. The summed E-state index contributed by atoms with van der Waals surface area (Å²) in [7, 11) is 1.54. The minimum atomic E-state index is -1.62. The minimum absolute atomic E-state index is 0.265. The number of rotatable bonds is 7. The van der Waals surface area contributed by atoms with E-state index in [1.807, 2.05) is 0 Å². The van der Waals surface area contributed by atoms with Crippen LogP contribution in [0.5, 0.6) is 11.5 Å². The van der Waals surface area contributed by atoms with Gasteiger partial charge in [-0.25, -0.2) is 4.79 Å². The highest BCUT2D eigenvalue weighted by molar-refractivity contribution is 5.79. The molecule has 0 saturated heterocycles. The average molecular weight is 269 g/mol. The van der Waals surface area contributed by atoms with E-state index in [9.17, 15) is 9.59 Å². The molecule has 0 aliphatic heterocycles. The number of carboxylic acids is 1. The Bertz CT molecular complexity index is 430. The van der Waals surface area contributed by atoms with Crippen molar-refractivity contribution in [3.8, 4) is 11.5 Å². The zero-order valence-corrected chi connectivity index (χ0v) is 10.3. The van der Waals surface area contributed by atoms with E-state index >= 15 is 0 Å². The first-order chi connectivity index (χ1) is 9.02. The first-order valence-corrected chi connectivity index (χ1v) is 5.47. The van der Waals surface area contributed by atoms with E-state index in [-0.39, 0.29) is 13.2 Å². The summed E-state index contributed by atoms with van der Waals surface area (Å²) >= 11 is 0. The van der Waals surface area contributed by atoms with E-state index < -0.39 is 18.0 Å². The fourth-order valence-electron chi connectivity index (χ4n) is 1.17. The van der Waals surface area contributed by atoms with Gasteiger partial charge in [0, 0.05) is 0 Å². The molecule has 1 rings (SSSR count). The molecule has 0 fully saturated rings. The molecule has 1 atom stereocenters. The number of nitrogens with one attached hydrogen (secondary N) is 1. The van der Waals surface area contributed by atoms with Gasteiger partial charge in [-0.2, -0.15) is 0 Å². The molecule has 104 valence electrons. The van der Waals surface area contributed by atoms with Gasteiger partial charge in [-0.3, -0.25) is 4.79 Å². The highest BCUT2D eigenvalue weighted by atomic mass is 16.5. The molecule has 1 aromatic carbocycles. The Morgan fingerprint density at radius 1 is 1.26 bits per heavy atom.